The Balaban J connectivity index is 2.12. The number of rotatable bonds is 4. The lowest BCUT2D eigenvalue weighted by Gasteiger charge is -2.33. The molecule has 1 amide bonds. The van der Waals surface area contributed by atoms with Crippen LogP contribution >= 0.6 is 23.2 Å². The summed E-state index contributed by atoms with van der Waals surface area (Å²) in [4.78, 5) is 26.0. The predicted octanol–water partition coefficient (Wildman–Crippen LogP) is 2.39. The standard InChI is InChI=1S/C14H16Cl2N2O2/c1-2-12-14(20)17-5-6-18(12)8-13(19)10-4-3-9(15)7-11(10)16/h3-4,7,12H,2,5-6,8H2,1H3,(H,17,20). The van der Waals surface area contributed by atoms with Gasteiger partial charge in [-0.15, -0.1) is 0 Å². The fraction of sp³-hybridized carbons (Fsp3) is 0.429. The number of amides is 1. The Hall–Kier alpha value is -1.10. The summed E-state index contributed by atoms with van der Waals surface area (Å²) in [7, 11) is 0. The minimum Gasteiger partial charge on any atom is -0.353 e. The summed E-state index contributed by atoms with van der Waals surface area (Å²) in [6.45, 7) is 3.35. The van der Waals surface area contributed by atoms with Gasteiger partial charge in [0.1, 0.15) is 0 Å². The molecule has 1 aromatic rings. The Bertz CT molecular complexity index is 534. The van der Waals surface area contributed by atoms with Crippen LogP contribution in [0, 0.1) is 0 Å². The van der Waals surface area contributed by atoms with Crippen LogP contribution < -0.4 is 5.32 Å². The van der Waals surface area contributed by atoms with E-state index in [0.717, 1.165) is 0 Å². The molecule has 0 saturated carbocycles. The quantitative estimate of drug-likeness (QED) is 0.868. The second kappa shape index (κ2) is 6.57. The molecule has 1 fully saturated rings. The molecular weight excluding hydrogens is 299 g/mol. The number of benzene rings is 1. The third-order valence-corrected chi connectivity index (χ3v) is 3.95. The molecule has 108 valence electrons. The van der Waals surface area contributed by atoms with E-state index in [1.807, 2.05) is 11.8 Å². The largest absolute Gasteiger partial charge is 0.353 e. The summed E-state index contributed by atoms with van der Waals surface area (Å²) in [5.74, 6) is -0.117. The summed E-state index contributed by atoms with van der Waals surface area (Å²) < 4.78 is 0. The van der Waals surface area contributed by atoms with Crippen molar-refractivity contribution in [1.82, 2.24) is 10.2 Å². The lowest BCUT2D eigenvalue weighted by Crippen LogP contribution is -2.56. The van der Waals surface area contributed by atoms with Gasteiger partial charge in [-0.25, -0.2) is 0 Å². The molecule has 1 N–H and O–H groups in total. The highest BCUT2D eigenvalue weighted by molar-refractivity contribution is 6.36. The van der Waals surface area contributed by atoms with Crippen LogP contribution in [0.3, 0.4) is 0 Å². The van der Waals surface area contributed by atoms with Crippen molar-refractivity contribution in [2.75, 3.05) is 19.6 Å². The molecule has 1 aromatic carbocycles. The van der Waals surface area contributed by atoms with Crippen molar-refractivity contribution in [2.24, 2.45) is 0 Å². The van der Waals surface area contributed by atoms with Crippen molar-refractivity contribution in [3.05, 3.63) is 33.8 Å². The van der Waals surface area contributed by atoms with Crippen LogP contribution in [0.1, 0.15) is 23.7 Å². The van der Waals surface area contributed by atoms with Gasteiger partial charge >= 0.3 is 0 Å². The highest BCUT2D eigenvalue weighted by Gasteiger charge is 2.29. The fourth-order valence-corrected chi connectivity index (χ4v) is 2.89. The first-order chi connectivity index (χ1) is 9.52. The van der Waals surface area contributed by atoms with E-state index < -0.39 is 0 Å². The van der Waals surface area contributed by atoms with Gasteiger partial charge in [0.05, 0.1) is 17.6 Å². The van der Waals surface area contributed by atoms with Gasteiger partial charge in [-0.05, 0) is 24.6 Å². The van der Waals surface area contributed by atoms with Crippen molar-refractivity contribution < 1.29 is 9.59 Å². The van der Waals surface area contributed by atoms with Crippen molar-refractivity contribution >= 4 is 34.9 Å². The maximum atomic E-state index is 12.3. The lowest BCUT2D eigenvalue weighted by atomic mass is 10.1. The number of ketones is 1. The molecular formula is C14H16Cl2N2O2. The predicted molar refractivity (Wildman–Crippen MR) is 79.5 cm³/mol. The van der Waals surface area contributed by atoms with E-state index in [9.17, 15) is 9.59 Å². The molecule has 1 aliphatic rings. The van der Waals surface area contributed by atoms with E-state index in [4.69, 9.17) is 23.2 Å². The van der Waals surface area contributed by atoms with Gasteiger partial charge in [-0.1, -0.05) is 30.1 Å². The lowest BCUT2D eigenvalue weighted by molar-refractivity contribution is -0.128. The molecule has 0 aromatic heterocycles. The first-order valence-electron chi connectivity index (χ1n) is 6.53. The molecule has 0 aliphatic carbocycles. The van der Waals surface area contributed by atoms with Gasteiger partial charge in [0.25, 0.3) is 0 Å². The zero-order valence-corrected chi connectivity index (χ0v) is 12.7. The van der Waals surface area contributed by atoms with Crippen LogP contribution in [0.25, 0.3) is 0 Å². The number of carbonyl (C=O) groups is 2. The second-order valence-corrected chi connectivity index (χ2v) is 5.58. The van der Waals surface area contributed by atoms with E-state index >= 15 is 0 Å². The Morgan fingerprint density at radius 2 is 2.20 bits per heavy atom. The van der Waals surface area contributed by atoms with Gasteiger partial charge in [-0.2, -0.15) is 0 Å². The van der Waals surface area contributed by atoms with E-state index in [1.165, 1.54) is 0 Å². The third-order valence-electron chi connectivity index (χ3n) is 3.41. The normalized spacial score (nSPS) is 19.8. The number of piperazine rings is 1. The van der Waals surface area contributed by atoms with Crippen molar-refractivity contribution in [2.45, 2.75) is 19.4 Å². The third kappa shape index (κ3) is 3.32. The highest BCUT2D eigenvalue weighted by atomic mass is 35.5. The Morgan fingerprint density at radius 3 is 2.85 bits per heavy atom. The molecule has 1 heterocycles. The Morgan fingerprint density at radius 1 is 1.45 bits per heavy atom. The summed E-state index contributed by atoms with van der Waals surface area (Å²) in [5.41, 5.74) is 0.442. The maximum absolute atomic E-state index is 12.3. The van der Waals surface area contributed by atoms with E-state index in [2.05, 4.69) is 5.32 Å². The SMILES string of the molecule is CCC1C(=O)NCCN1CC(=O)c1ccc(Cl)cc1Cl. The molecule has 0 spiro atoms. The van der Waals surface area contributed by atoms with Crippen LogP contribution in [-0.4, -0.2) is 42.3 Å². The Labute approximate surface area is 128 Å². The van der Waals surface area contributed by atoms with Crippen LogP contribution in [0.4, 0.5) is 0 Å². The van der Waals surface area contributed by atoms with Crippen LogP contribution in [0.5, 0.6) is 0 Å². The number of carbonyl (C=O) groups excluding carboxylic acids is 2. The minimum atomic E-state index is -0.251. The molecule has 0 radical (unpaired) electrons. The summed E-state index contributed by atoms with van der Waals surface area (Å²) in [6, 6.07) is 4.56. The van der Waals surface area contributed by atoms with Gasteiger partial charge in [-0.3, -0.25) is 14.5 Å². The van der Waals surface area contributed by atoms with Crippen LogP contribution in [0.15, 0.2) is 18.2 Å². The van der Waals surface area contributed by atoms with Crippen molar-refractivity contribution in [3.63, 3.8) is 0 Å². The van der Waals surface area contributed by atoms with Crippen LogP contribution in [-0.2, 0) is 4.79 Å². The summed E-state index contributed by atoms with van der Waals surface area (Å²) in [6.07, 6.45) is 0.674. The summed E-state index contributed by atoms with van der Waals surface area (Å²) >= 11 is 11.9. The van der Waals surface area contributed by atoms with E-state index in [0.29, 0.717) is 35.1 Å². The smallest absolute Gasteiger partial charge is 0.237 e. The molecule has 6 heteroatoms. The second-order valence-electron chi connectivity index (χ2n) is 4.73. The van der Waals surface area contributed by atoms with Gasteiger partial charge in [0, 0.05) is 23.7 Å². The number of nitrogens with zero attached hydrogens (tertiary/aromatic N) is 1. The number of Topliss-reactive ketones (excluding diaryl/α,β-unsaturated/α-hetero) is 1. The van der Waals surface area contributed by atoms with E-state index in [-0.39, 0.29) is 24.3 Å². The minimum absolute atomic E-state index is 0.0197. The van der Waals surface area contributed by atoms with Crippen molar-refractivity contribution in [1.29, 1.82) is 0 Å². The molecule has 1 saturated heterocycles. The molecule has 4 nitrogen and oxygen atoms in total. The average molecular weight is 315 g/mol. The topological polar surface area (TPSA) is 49.4 Å². The number of nitrogens with one attached hydrogen (secondary N) is 1. The number of halogens is 2. The van der Waals surface area contributed by atoms with Crippen LogP contribution in [0.2, 0.25) is 10.0 Å². The molecule has 2 rings (SSSR count). The average Bonchev–Trinajstić information content (AvgIpc) is 2.38. The first-order valence-corrected chi connectivity index (χ1v) is 7.28. The fourth-order valence-electron chi connectivity index (χ4n) is 2.38. The zero-order chi connectivity index (χ0) is 14.7. The molecule has 20 heavy (non-hydrogen) atoms. The van der Waals surface area contributed by atoms with Gasteiger partial charge < -0.3 is 5.32 Å². The number of hydrogen-bond acceptors (Lipinski definition) is 3. The maximum Gasteiger partial charge on any atom is 0.237 e. The molecule has 1 atom stereocenters. The van der Waals surface area contributed by atoms with Gasteiger partial charge in [0.15, 0.2) is 5.78 Å². The highest BCUT2D eigenvalue weighted by Crippen LogP contribution is 2.22. The van der Waals surface area contributed by atoms with E-state index in [1.54, 1.807) is 18.2 Å². The monoisotopic (exact) mass is 314 g/mol. The molecule has 1 unspecified atom stereocenters. The molecule has 0 bridgehead atoms. The van der Waals surface area contributed by atoms with Crippen molar-refractivity contribution in [3.8, 4) is 0 Å². The number of hydrogen-bond donors (Lipinski definition) is 1. The first kappa shape index (κ1) is 15.3. The zero-order valence-electron chi connectivity index (χ0n) is 11.2. The summed E-state index contributed by atoms with van der Waals surface area (Å²) in [5, 5.41) is 3.65. The Kier molecular flexibility index (Phi) is 5.02. The molecule has 1 aliphatic heterocycles. The van der Waals surface area contributed by atoms with Gasteiger partial charge in [0.2, 0.25) is 5.91 Å².